The summed E-state index contributed by atoms with van der Waals surface area (Å²) in [4.78, 5) is 10.2. The van der Waals surface area contributed by atoms with Gasteiger partial charge < -0.3 is 9.47 Å². The molecule has 1 aliphatic carbocycles. The quantitative estimate of drug-likeness (QED) is 0.623. The average Bonchev–Trinajstić information content (AvgIpc) is 2.47. The van der Waals surface area contributed by atoms with Gasteiger partial charge in [-0.25, -0.2) is 0 Å². The van der Waals surface area contributed by atoms with E-state index in [9.17, 15) is 10.1 Å². The molecule has 1 saturated carbocycles. The first-order valence-corrected chi connectivity index (χ1v) is 6.52. The molecule has 0 saturated heterocycles. The molecule has 0 spiro atoms. The molecule has 0 N–H and O–H groups in total. The van der Waals surface area contributed by atoms with Crippen molar-refractivity contribution in [2.45, 2.75) is 37.9 Å². The van der Waals surface area contributed by atoms with Gasteiger partial charge >= 0.3 is 0 Å². The summed E-state index contributed by atoms with van der Waals surface area (Å²) >= 11 is 0. The van der Waals surface area contributed by atoms with Gasteiger partial charge in [0.1, 0.15) is 23.5 Å². The number of methoxy groups -OCH3 is 1. The van der Waals surface area contributed by atoms with Crippen LogP contribution in [0.5, 0.6) is 5.75 Å². The minimum atomic E-state index is -0.566. The second-order valence-corrected chi connectivity index (χ2v) is 4.81. The van der Waals surface area contributed by atoms with Gasteiger partial charge in [-0.05, 0) is 25.3 Å². The van der Waals surface area contributed by atoms with E-state index in [1.165, 1.54) is 18.2 Å². The standard InChI is InChI=1S/C14H16N2O4/c1-19-11-3-2-4-12(8-11)20-13-5-6-14(16(17)18)10(7-13)9-15/h5-7,11-12H,2-4,8H2,1H3. The second kappa shape index (κ2) is 6.35. The lowest BCUT2D eigenvalue weighted by Gasteiger charge is -2.28. The van der Waals surface area contributed by atoms with Crippen molar-refractivity contribution in [2.75, 3.05) is 7.11 Å². The Balaban J connectivity index is 2.10. The molecule has 106 valence electrons. The third kappa shape index (κ3) is 3.25. The van der Waals surface area contributed by atoms with E-state index in [1.54, 1.807) is 7.11 Å². The van der Waals surface area contributed by atoms with Gasteiger partial charge in [0.2, 0.25) is 0 Å². The van der Waals surface area contributed by atoms with Crippen LogP contribution in [0.4, 0.5) is 5.69 Å². The number of nitriles is 1. The van der Waals surface area contributed by atoms with Crippen LogP contribution in [0.25, 0.3) is 0 Å². The third-order valence-electron chi connectivity index (χ3n) is 3.50. The Kier molecular flexibility index (Phi) is 4.53. The minimum absolute atomic E-state index is 0.0200. The van der Waals surface area contributed by atoms with Crippen LogP contribution >= 0.6 is 0 Å². The Morgan fingerprint density at radius 2 is 2.15 bits per heavy atom. The molecule has 1 aromatic carbocycles. The van der Waals surface area contributed by atoms with Crippen molar-refractivity contribution in [3.05, 3.63) is 33.9 Å². The normalized spacial score (nSPS) is 22.0. The Labute approximate surface area is 117 Å². The summed E-state index contributed by atoms with van der Waals surface area (Å²) in [7, 11) is 1.69. The first-order valence-electron chi connectivity index (χ1n) is 6.52. The van der Waals surface area contributed by atoms with Gasteiger partial charge in [0, 0.05) is 25.7 Å². The molecule has 2 rings (SSSR count). The Morgan fingerprint density at radius 3 is 2.80 bits per heavy atom. The van der Waals surface area contributed by atoms with Crippen molar-refractivity contribution in [1.82, 2.24) is 0 Å². The molecular formula is C14H16N2O4. The van der Waals surface area contributed by atoms with E-state index in [-0.39, 0.29) is 23.5 Å². The molecule has 0 heterocycles. The van der Waals surface area contributed by atoms with Crippen molar-refractivity contribution in [3.8, 4) is 11.8 Å². The molecule has 0 aliphatic heterocycles. The lowest BCUT2D eigenvalue weighted by molar-refractivity contribution is -0.385. The fourth-order valence-electron chi connectivity index (χ4n) is 2.45. The summed E-state index contributed by atoms with van der Waals surface area (Å²) in [6, 6.07) is 6.10. The number of nitro benzene ring substituents is 1. The Bertz CT molecular complexity index is 538. The van der Waals surface area contributed by atoms with Gasteiger partial charge in [0.25, 0.3) is 5.69 Å². The second-order valence-electron chi connectivity index (χ2n) is 4.81. The molecule has 2 unspecified atom stereocenters. The summed E-state index contributed by atoms with van der Waals surface area (Å²) in [5, 5.41) is 19.7. The first kappa shape index (κ1) is 14.3. The van der Waals surface area contributed by atoms with Crippen LogP contribution in [-0.4, -0.2) is 24.2 Å². The fraction of sp³-hybridized carbons (Fsp3) is 0.500. The molecule has 6 heteroatoms. The summed E-state index contributed by atoms with van der Waals surface area (Å²) in [5.74, 6) is 0.494. The van der Waals surface area contributed by atoms with E-state index >= 15 is 0 Å². The van der Waals surface area contributed by atoms with Crippen LogP contribution in [0.15, 0.2) is 18.2 Å². The maximum absolute atomic E-state index is 10.8. The van der Waals surface area contributed by atoms with Crippen molar-refractivity contribution in [2.24, 2.45) is 0 Å². The van der Waals surface area contributed by atoms with Crippen molar-refractivity contribution in [1.29, 1.82) is 5.26 Å². The van der Waals surface area contributed by atoms with Gasteiger partial charge in [0.05, 0.1) is 11.0 Å². The summed E-state index contributed by atoms with van der Waals surface area (Å²) < 4.78 is 11.1. The van der Waals surface area contributed by atoms with Gasteiger partial charge in [-0.15, -0.1) is 0 Å². The number of hydrogen-bond acceptors (Lipinski definition) is 5. The third-order valence-corrected chi connectivity index (χ3v) is 3.50. The molecule has 0 amide bonds. The van der Waals surface area contributed by atoms with Crippen LogP contribution in [0.3, 0.4) is 0 Å². The zero-order valence-electron chi connectivity index (χ0n) is 11.2. The van der Waals surface area contributed by atoms with Gasteiger partial charge in [-0.3, -0.25) is 10.1 Å². The highest BCUT2D eigenvalue weighted by molar-refractivity contribution is 5.52. The number of rotatable bonds is 4. The fourth-order valence-corrected chi connectivity index (χ4v) is 2.45. The summed E-state index contributed by atoms with van der Waals surface area (Å²) in [6.45, 7) is 0. The Morgan fingerprint density at radius 1 is 1.40 bits per heavy atom. The Hall–Kier alpha value is -2.13. The van der Waals surface area contributed by atoms with Crippen LogP contribution in [-0.2, 0) is 4.74 Å². The largest absolute Gasteiger partial charge is 0.490 e. The molecule has 2 atom stereocenters. The van der Waals surface area contributed by atoms with E-state index in [4.69, 9.17) is 14.7 Å². The van der Waals surface area contributed by atoms with E-state index in [1.807, 2.05) is 6.07 Å². The first-order chi connectivity index (χ1) is 9.63. The topological polar surface area (TPSA) is 85.4 Å². The van der Waals surface area contributed by atoms with E-state index in [2.05, 4.69) is 0 Å². The SMILES string of the molecule is COC1CCCC(Oc2ccc([N+](=O)[O-])c(C#N)c2)C1. The molecular weight excluding hydrogens is 260 g/mol. The lowest BCUT2D eigenvalue weighted by atomic mass is 9.95. The predicted molar refractivity (Wildman–Crippen MR) is 71.5 cm³/mol. The maximum Gasteiger partial charge on any atom is 0.287 e. The summed E-state index contributed by atoms with van der Waals surface area (Å²) in [6.07, 6.45) is 4.01. The van der Waals surface area contributed by atoms with Crippen LogP contribution in [0.1, 0.15) is 31.2 Å². The van der Waals surface area contributed by atoms with Crippen molar-refractivity contribution in [3.63, 3.8) is 0 Å². The molecule has 0 aromatic heterocycles. The van der Waals surface area contributed by atoms with Crippen molar-refractivity contribution < 1.29 is 14.4 Å². The van der Waals surface area contributed by atoms with Crippen molar-refractivity contribution >= 4 is 5.69 Å². The van der Waals surface area contributed by atoms with E-state index < -0.39 is 4.92 Å². The van der Waals surface area contributed by atoms with E-state index in [0.29, 0.717) is 5.75 Å². The zero-order valence-corrected chi connectivity index (χ0v) is 11.2. The molecule has 0 bridgehead atoms. The number of benzene rings is 1. The molecule has 0 radical (unpaired) electrons. The number of nitro groups is 1. The highest BCUT2D eigenvalue weighted by Crippen LogP contribution is 2.28. The monoisotopic (exact) mass is 276 g/mol. The van der Waals surface area contributed by atoms with Crippen LogP contribution in [0.2, 0.25) is 0 Å². The maximum atomic E-state index is 10.8. The molecule has 1 aliphatic rings. The molecule has 1 aromatic rings. The molecule has 6 nitrogen and oxygen atoms in total. The lowest BCUT2D eigenvalue weighted by Crippen LogP contribution is -2.29. The number of hydrogen-bond donors (Lipinski definition) is 0. The minimum Gasteiger partial charge on any atom is -0.490 e. The number of ether oxygens (including phenoxy) is 2. The van der Waals surface area contributed by atoms with Crippen LogP contribution < -0.4 is 4.74 Å². The van der Waals surface area contributed by atoms with Gasteiger partial charge in [-0.2, -0.15) is 5.26 Å². The van der Waals surface area contributed by atoms with E-state index in [0.717, 1.165) is 25.7 Å². The van der Waals surface area contributed by atoms with Crippen LogP contribution in [0, 0.1) is 21.4 Å². The smallest absolute Gasteiger partial charge is 0.287 e. The highest BCUT2D eigenvalue weighted by atomic mass is 16.6. The highest BCUT2D eigenvalue weighted by Gasteiger charge is 2.23. The average molecular weight is 276 g/mol. The zero-order chi connectivity index (χ0) is 14.5. The molecule has 1 fully saturated rings. The summed E-state index contributed by atoms with van der Waals surface area (Å²) in [5.41, 5.74) is -0.176. The van der Waals surface area contributed by atoms with Gasteiger partial charge in [0.15, 0.2) is 0 Å². The van der Waals surface area contributed by atoms with Gasteiger partial charge in [-0.1, -0.05) is 0 Å². The number of nitrogens with zero attached hydrogens (tertiary/aromatic N) is 2. The predicted octanol–water partition coefficient (Wildman–Crippen LogP) is 2.80. The molecule has 20 heavy (non-hydrogen) atoms.